The van der Waals surface area contributed by atoms with Gasteiger partial charge in [-0.2, -0.15) is 0 Å². The molecule has 3 aliphatic heterocycles. The van der Waals surface area contributed by atoms with Crippen LogP contribution in [-0.4, -0.2) is 69.8 Å². The minimum atomic E-state index is -2.25. The normalized spacial score (nSPS) is 41.7. The Kier molecular flexibility index (Phi) is 7.00. The predicted octanol–water partition coefficient (Wildman–Crippen LogP) is 2.60. The summed E-state index contributed by atoms with van der Waals surface area (Å²) in [7, 11) is 7.44. The van der Waals surface area contributed by atoms with E-state index in [4.69, 9.17) is 54.9 Å². The largest absolute Gasteiger partial charge is 0.377 e. The highest BCUT2D eigenvalue weighted by molar-refractivity contribution is 9.03. The molecule has 130 valence electrons. The Bertz CT molecular complexity index is 532. The average Bonchev–Trinajstić information content (AvgIpc) is 3.14. The van der Waals surface area contributed by atoms with E-state index in [0.29, 0.717) is 5.90 Å². The molecule has 0 saturated carbocycles. The van der Waals surface area contributed by atoms with Crippen molar-refractivity contribution in [3.8, 4) is 0 Å². The van der Waals surface area contributed by atoms with Gasteiger partial charge in [0.05, 0.1) is 17.0 Å². The van der Waals surface area contributed by atoms with Gasteiger partial charge in [-0.1, -0.05) is 23.6 Å². The zero-order chi connectivity index (χ0) is 16.7. The maximum atomic E-state index is 5.93. The Labute approximate surface area is 161 Å². The first-order chi connectivity index (χ1) is 10.8. The molecule has 0 spiro atoms. The van der Waals surface area contributed by atoms with Crippen LogP contribution in [0.15, 0.2) is 0 Å². The van der Waals surface area contributed by atoms with E-state index >= 15 is 0 Å². The maximum Gasteiger partial charge on any atom is 0.272 e. The molecule has 0 aromatic heterocycles. The highest BCUT2D eigenvalue weighted by Crippen LogP contribution is 2.80. The van der Waals surface area contributed by atoms with Crippen molar-refractivity contribution in [1.29, 1.82) is 0 Å². The molecule has 2 radical (unpaired) electrons. The molecular formula is C10H17BO5P2S5. The molecule has 3 saturated heterocycles. The van der Waals surface area contributed by atoms with Gasteiger partial charge in [0.1, 0.15) is 31.6 Å². The molecular weight excluding hydrogens is 433 g/mol. The molecule has 0 aromatic carbocycles. The second-order valence-electron chi connectivity index (χ2n) is 5.22. The quantitative estimate of drug-likeness (QED) is 0.374. The minimum Gasteiger partial charge on any atom is -0.377 e. The van der Waals surface area contributed by atoms with Crippen LogP contribution in [0.1, 0.15) is 0 Å². The van der Waals surface area contributed by atoms with Gasteiger partial charge in [0.2, 0.25) is 0 Å². The summed E-state index contributed by atoms with van der Waals surface area (Å²) in [6.45, 7) is -0.435. The molecule has 0 amide bonds. The van der Waals surface area contributed by atoms with Crippen LogP contribution in [0.2, 0.25) is 0 Å². The first-order valence-corrected chi connectivity index (χ1v) is 17.1. The van der Waals surface area contributed by atoms with Crippen LogP contribution >= 0.6 is 44.9 Å². The molecule has 13 heteroatoms. The van der Waals surface area contributed by atoms with Crippen molar-refractivity contribution < 1.29 is 23.5 Å². The molecule has 3 aliphatic rings. The van der Waals surface area contributed by atoms with E-state index in [1.807, 2.05) is 22.8 Å². The molecule has 3 unspecified atom stereocenters. The number of ether oxygens (including phenoxy) is 4. The summed E-state index contributed by atoms with van der Waals surface area (Å²) in [4.78, 5) is 0. The van der Waals surface area contributed by atoms with Gasteiger partial charge in [-0.25, -0.2) is 0 Å². The first kappa shape index (κ1) is 20.0. The van der Waals surface area contributed by atoms with E-state index in [-0.39, 0.29) is 24.9 Å². The maximum absolute atomic E-state index is 5.93. The lowest BCUT2D eigenvalue weighted by atomic mass is 9.93. The third-order valence-corrected chi connectivity index (χ3v) is 21.9. The summed E-state index contributed by atoms with van der Waals surface area (Å²) < 4.78 is 26.3. The molecule has 3 heterocycles. The fraction of sp³-hybridized carbons (Fsp3) is 1.00. The average molecular weight is 450 g/mol. The van der Waals surface area contributed by atoms with Crippen molar-refractivity contribution in [2.24, 2.45) is 0 Å². The SMILES string of the molecule is [B][C@@H]1O[C@H](COP(=S)(S)CP2(=S)SCCS2)C2OC(OC)O[C@@H]21. The van der Waals surface area contributed by atoms with Crippen LogP contribution in [-0.2, 0) is 47.1 Å². The van der Waals surface area contributed by atoms with Gasteiger partial charge in [-0.05, 0) is 0 Å². The Balaban J connectivity index is 1.55. The van der Waals surface area contributed by atoms with Gasteiger partial charge in [-0.15, -0.1) is 35.0 Å². The van der Waals surface area contributed by atoms with Crippen molar-refractivity contribution in [3.05, 3.63) is 0 Å². The Morgan fingerprint density at radius 1 is 1.30 bits per heavy atom. The molecule has 5 nitrogen and oxygen atoms in total. The second kappa shape index (κ2) is 8.07. The van der Waals surface area contributed by atoms with Crippen LogP contribution in [0.25, 0.3) is 0 Å². The molecule has 3 fully saturated rings. The van der Waals surface area contributed by atoms with E-state index in [2.05, 4.69) is 12.2 Å². The van der Waals surface area contributed by atoms with Crippen LogP contribution in [0.5, 0.6) is 0 Å². The molecule has 6 atom stereocenters. The zero-order valence-electron chi connectivity index (χ0n) is 12.3. The molecule has 23 heavy (non-hydrogen) atoms. The first-order valence-electron chi connectivity index (χ1n) is 6.91. The van der Waals surface area contributed by atoms with E-state index in [0.717, 1.165) is 11.5 Å². The van der Waals surface area contributed by atoms with Crippen LogP contribution < -0.4 is 0 Å². The zero-order valence-corrected chi connectivity index (χ0v) is 18.3. The van der Waals surface area contributed by atoms with Crippen molar-refractivity contribution in [2.75, 3.05) is 31.1 Å². The van der Waals surface area contributed by atoms with Gasteiger partial charge >= 0.3 is 0 Å². The third kappa shape index (κ3) is 4.93. The van der Waals surface area contributed by atoms with E-state index in [1.165, 1.54) is 7.11 Å². The summed E-state index contributed by atoms with van der Waals surface area (Å²) in [5.74, 6) is 2.89. The molecule has 0 aliphatic carbocycles. The van der Waals surface area contributed by atoms with Gasteiger partial charge < -0.3 is 23.5 Å². The lowest BCUT2D eigenvalue weighted by Gasteiger charge is -2.24. The summed E-state index contributed by atoms with van der Waals surface area (Å²) in [5.41, 5.74) is -2.25. The third-order valence-electron chi connectivity index (χ3n) is 3.53. The Hall–Kier alpha value is 2.21. The number of fused-ring (bicyclic) bond motifs is 1. The summed E-state index contributed by atoms with van der Waals surface area (Å²) >= 11 is 19.6. The number of hydrogen-bond acceptors (Lipinski definition) is 9. The Morgan fingerprint density at radius 3 is 2.61 bits per heavy atom. The highest BCUT2D eigenvalue weighted by atomic mass is 33.2. The van der Waals surface area contributed by atoms with Crippen LogP contribution in [0.3, 0.4) is 0 Å². The monoisotopic (exact) mass is 450 g/mol. The highest BCUT2D eigenvalue weighted by Gasteiger charge is 2.51. The molecule has 0 N–H and O–H groups in total. The predicted molar refractivity (Wildman–Crippen MR) is 108 cm³/mol. The van der Waals surface area contributed by atoms with E-state index in [1.54, 1.807) is 0 Å². The van der Waals surface area contributed by atoms with Gasteiger partial charge in [0, 0.05) is 24.6 Å². The van der Waals surface area contributed by atoms with Gasteiger partial charge in [-0.3, -0.25) is 0 Å². The fourth-order valence-electron chi connectivity index (χ4n) is 2.53. The Morgan fingerprint density at radius 2 is 1.96 bits per heavy atom. The smallest absolute Gasteiger partial charge is 0.272 e. The number of rotatable bonds is 6. The van der Waals surface area contributed by atoms with Crippen molar-refractivity contribution in [2.45, 2.75) is 30.8 Å². The topological polar surface area (TPSA) is 46.2 Å². The van der Waals surface area contributed by atoms with E-state index < -0.39 is 22.4 Å². The molecule has 3 rings (SSSR count). The lowest BCUT2D eigenvalue weighted by molar-refractivity contribution is -0.247. The molecule has 0 aromatic rings. The van der Waals surface area contributed by atoms with Crippen LogP contribution in [0, 0.1) is 0 Å². The number of methoxy groups -OCH3 is 1. The summed E-state index contributed by atoms with van der Waals surface area (Å²) in [6.07, 6.45) is -1.02. The fourth-order valence-corrected chi connectivity index (χ4v) is 27.2. The number of hydrogen-bond donors (Lipinski definition) is 1. The lowest BCUT2D eigenvalue weighted by Crippen LogP contribution is -2.32. The van der Waals surface area contributed by atoms with Crippen LogP contribution in [0.4, 0.5) is 0 Å². The second-order valence-corrected chi connectivity index (χ2v) is 24.2. The van der Waals surface area contributed by atoms with Gasteiger partial charge in [0.15, 0.2) is 0 Å². The van der Waals surface area contributed by atoms with Crippen molar-refractivity contribution in [3.63, 3.8) is 0 Å². The number of thiol groups is 1. The van der Waals surface area contributed by atoms with E-state index in [9.17, 15) is 0 Å². The van der Waals surface area contributed by atoms with Crippen molar-refractivity contribution in [1.82, 2.24) is 0 Å². The van der Waals surface area contributed by atoms with Crippen molar-refractivity contribution >= 4 is 76.4 Å². The molecule has 0 bridgehead atoms. The standard InChI is InChI=1S/C10H17BO5P2S5/c1-12-10-15-7-6(14-9(11)8(7)16-10)4-13-17(19,20)5-18(21)22-2-3-23-18/h6-10H,2-5H2,1H3,(H,19,20)/t6-,7?,8+,9-,10?/m1/s1. The van der Waals surface area contributed by atoms with Gasteiger partial charge in [0.25, 0.3) is 6.48 Å². The summed E-state index contributed by atoms with van der Waals surface area (Å²) in [5, 5.41) is 0. The summed E-state index contributed by atoms with van der Waals surface area (Å²) in [6, 6.07) is -0.565. The minimum absolute atomic E-state index is 0.278.